The molecule has 7 nitrogen and oxygen atoms in total. The molecule has 0 bridgehead atoms. The van der Waals surface area contributed by atoms with Crippen LogP contribution in [0.4, 0.5) is 5.82 Å². The van der Waals surface area contributed by atoms with E-state index in [1.54, 1.807) is 0 Å². The number of ether oxygens (including phenoxy) is 2. The van der Waals surface area contributed by atoms with Crippen molar-refractivity contribution in [2.75, 3.05) is 31.7 Å². The zero-order valence-electron chi connectivity index (χ0n) is 21.6. The Morgan fingerprint density at radius 2 is 1.89 bits per heavy atom. The van der Waals surface area contributed by atoms with Crippen LogP contribution < -0.4 is 20.7 Å². The fourth-order valence-electron chi connectivity index (χ4n) is 5.83. The van der Waals surface area contributed by atoms with Crippen molar-refractivity contribution in [2.45, 2.75) is 50.5 Å². The molecule has 194 valence electrons. The highest BCUT2D eigenvalue weighted by Gasteiger charge is 2.36. The molecule has 2 aromatic carbocycles. The maximum absolute atomic E-state index is 6.56. The van der Waals surface area contributed by atoms with Gasteiger partial charge in [-0.25, -0.2) is 0 Å². The molecular formula is C30H37N5O2. The summed E-state index contributed by atoms with van der Waals surface area (Å²) in [5.74, 6) is 2.72. The Kier molecular flexibility index (Phi) is 7.00. The molecule has 1 aromatic heterocycles. The van der Waals surface area contributed by atoms with Gasteiger partial charge in [-0.15, -0.1) is 0 Å². The molecule has 1 saturated carbocycles. The summed E-state index contributed by atoms with van der Waals surface area (Å²) < 4.78 is 14.1. The summed E-state index contributed by atoms with van der Waals surface area (Å²) in [6.07, 6.45) is 8.38. The van der Waals surface area contributed by atoms with E-state index < -0.39 is 0 Å². The van der Waals surface area contributed by atoms with E-state index in [9.17, 15) is 0 Å². The lowest BCUT2D eigenvalue weighted by Crippen LogP contribution is -2.41. The van der Waals surface area contributed by atoms with Crippen molar-refractivity contribution >= 4 is 12.2 Å². The standard InChI is InChI=1S/C30H37N5O2/c1-34-20-33-29(31)28-27(23-8-5-9-26(16-23)37-19-21-6-3-2-4-7-21)18-35(30(28)34)25-14-22(15-25)17-32-24-10-12-36-13-11-24/h2-9,16,18,20,22,24-25,29,32H,10-15,17,19,31H2,1H3/t22-,25-,29?. The minimum atomic E-state index is -0.373. The molecule has 3 aromatic rings. The summed E-state index contributed by atoms with van der Waals surface area (Å²) in [7, 11) is 2.07. The largest absolute Gasteiger partial charge is 0.489 e. The van der Waals surface area contributed by atoms with E-state index in [2.05, 4.69) is 63.4 Å². The van der Waals surface area contributed by atoms with E-state index in [0.717, 1.165) is 66.4 Å². The molecule has 6 rings (SSSR count). The SMILES string of the molecule is CN1C=NC(N)c2c(-c3cccc(OCc4ccccc4)c3)cn([C@H]3C[C@H](CNC4CCOCC4)C3)c21. The van der Waals surface area contributed by atoms with Crippen molar-refractivity contribution in [2.24, 2.45) is 16.6 Å². The van der Waals surface area contributed by atoms with Crippen LogP contribution in [0.25, 0.3) is 11.1 Å². The van der Waals surface area contributed by atoms with Crippen molar-refractivity contribution in [3.63, 3.8) is 0 Å². The van der Waals surface area contributed by atoms with Crippen molar-refractivity contribution in [1.82, 2.24) is 9.88 Å². The topological polar surface area (TPSA) is 77.0 Å². The Labute approximate surface area is 219 Å². The predicted molar refractivity (Wildman–Crippen MR) is 148 cm³/mol. The second kappa shape index (κ2) is 10.7. The van der Waals surface area contributed by atoms with E-state index in [-0.39, 0.29) is 6.17 Å². The third kappa shape index (κ3) is 5.17. The molecule has 2 fully saturated rings. The van der Waals surface area contributed by atoms with Gasteiger partial charge in [-0.3, -0.25) is 4.99 Å². The van der Waals surface area contributed by atoms with Gasteiger partial charge in [0, 0.05) is 49.7 Å². The maximum atomic E-state index is 6.56. The smallest absolute Gasteiger partial charge is 0.129 e. The normalized spacial score (nSPS) is 23.5. The van der Waals surface area contributed by atoms with Gasteiger partial charge in [0.05, 0.1) is 6.34 Å². The first-order valence-electron chi connectivity index (χ1n) is 13.5. The first-order valence-corrected chi connectivity index (χ1v) is 13.5. The molecular weight excluding hydrogens is 462 g/mol. The van der Waals surface area contributed by atoms with Gasteiger partial charge in [-0.2, -0.15) is 0 Å². The minimum Gasteiger partial charge on any atom is -0.489 e. The van der Waals surface area contributed by atoms with Crippen LogP contribution in [0, 0.1) is 5.92 Å². The number of hydrogen-bond acceptors (Lipinski definition) is 6. The van der Waals surface area contributed by atoms with E-state index >= 15 is 0 Å². The van der Waals surface area contributed by atoms with Gasteiger partial charge in [-0.05, 0) is 61.4 Å². The van der Waals surface area contributed by atoms with Crippen molar-refractivity contribution in [3.8, 4) is 16.9 Å². The van der Waals surface area contributed by atoms with Gasteiger partial charge in [0.2, 0.25) is 0 Å². The highest BCUT2D eigenvalue weighted by Crippen LogP contribution is 2.46. The lowest BCUT2D eigenvalue weighted by molar-refractivity contribution is 0.0737. The average molecular weight is 500 g/mol. The van der Waals surface area contributed by atoms with Crippen LogP contribution >= 0.6 is 0 Å². The molecule has 7 heteroatoms. The summed E-state index contributed by atoms with van der Waals surface area (Å²) in [6, 6.07) is 19.7. The molecule has 0 spiro atoms. The van der Waals surface area contributed by atoms with Crippen LogP contribution in [-0.4, -0.2) is 43.8 Å². The van der Waals surface area contributed by atoms with Gasteiger partial charge in [0.15, 0.2) is 0 Å². The van der Waals surface area contributed by atoms with E-state index in [1.165, 1.54) is 12.8 Å². The van der Waals surface area contributed by atoms with Gasteiger partial charge >= 0.3 is 0 Å². The monoisotopic (exact) mass is 499 g/mol. The van der Waals surface area contributed by atoms with Crippen LogP contribution in [0.2, 0.25) is 0 Å². The third-order valence-corrected chi connectivity index (χ3v) is 7.99. The Bertz CT molecular complexity index is 1230. The van der Waals surface area contributed by atoms with Gasteiger partial charge in [0.25, 0.3) is 0 Å². The van der Waals surface area contributed by atoms with Crippen LogP contribution in [0.1, 0.15) is 49.0 Å². The zero-order chi connectivity index (χ0) is 25.2. The summed E-state index contributed by atoms with van der Waals surface area (Å²) >= 11 is 0. The van der Waals surface area contributed by atoms with Crippen LogP contribution in [0.5, 0.6) is 5.75 Å². The first kappa shape index (κ1) is 24.2. The maximum Gasteiger partial charge on any atom is 0.129 e. The highest BCUT2D eigenvalue weighted by atomic mass is 16.5. The highest BCUT2D eigenvalue weighted by molar-refractivity contribution is 5.87. The molecule has 1 atom stereocenters. The van der Waals surface area contributed by atoms with Crippen molar-refractivity contribution in [3.05, 3.63) is 71.9 Å². The Hall–Kier alpha value is -3.13. The average Bonchev–Trinajstić information content (AvgIpc) is 3.32. The number of rotatable bonds is 8. The van der Waals surface area contributed by atoms with Gasteiger partial charge < -0.3 is 30.0 Å². The van der Waals surface area contributed by atoms with E-state index in [4.69, 9.17) is 15.2 Å². The summed E-state index contributed by atoms with van der Waals surface area (Å²) in [4.78, 5) is 6.68. The quantitative estimate of drug-likeness (QED) is 0.462. The van der Waals surface area contributed by atoms with E-state index in [1.807, 2.05) is 30.6 Å². The Morgan fingerprint density at radius 1 is 1.08 bits per heavy atom. The third-order valence-electron chi connectivity index (χ3n) is 7.99. The number of nitrogens with two attached hydrogens (primary N) is 1. The molecule has 2 aliphatic heterocycles. The fourth-order valence-corrected chi connectivity index (χ4v) is 5.83. The lowest BCUT2D eigenvalue weighted by Gasteiger charge is -2.40. The summed E-state index contributed by atoms with van der Waals surface area (Å²) in [6.45, 7) is 3.40. The minimum absolute atomic E-state index is 0.373. The second-order valence-electron chi connectivity index (χ2n) is 10.6. The number of hydrogen-bond donors (Lipinski definition) is 2. The molecule has 3 N–H and O–H groups in total. The second-order valence-corrected chi connectivity index (χ2v) is 10.6. The number of nitrogens with one attached hydrogen (secondary N) is 1. The fraction of sp³-hybridized carbons (Fsp3) is 0.433. The number of anilines is 1. The molecule has 37 heavy (non-hydrogen) atoms. The van der Waals surface area contributed by atoms with Crippen molar-refractivity contribution in [1.29, 1.82) is 0 Å². The molecule has 0 amide bonds. The summed E-state index contributed by atoms with van der Waals surface area (Å²) in [5, 5.41) is 3.78. The number of aliphatic imine (C=N–C) groups is 1. The Morgan fingerprint density at radius 3 is 2.70 bits per heavy atom. The zero-order valence-corrected chi connectivity index (χ0v) is 21.6. The van der Waals surface area contributed by atoms with Crippen molar-refractivity contribution < 1.29 is 9.47 Å². The molecule has 3 heterocycles. The molecule has 1 aliphatic carbocycles. The first-order chi connectivity index (χ1) is 18.2. The number of benzene rings is 2. The number of aromatic nitrogens is 1. The van der Waals surface area contributed by atoms with Crippen LogP contribution in [-0.2, 0) is 11.3 Å². The Balaban J connectivity index is 1.20. The van der Waals surface area contributed by atoms with Gasteiger partial charge in [-0.1, -0.05) is 42.5 Å². The van der Waals surface area contributed by atoms with Crippen LogP contribution in [0.3, 0.4) is 0 Å². The molecule has 0 radical (unpaired) electrons. The molecule has 3 aliphatic rings. The lowest BCUT2D eigenvalue weighted by atomic mass is 9.79. The predicted octanol–water partition coefficient (Wildman–Crippen LogP) is 4.89. The number of fused-ring (bicyclic) bond motifs is 1. The molecule has 1 saturated heterocycles. The number of nitrogens with zero attached hydrogens (tertiary/aromatic N) is 3. The molecule has 1 unspecified atom stereocenters. The van der Waals surface area contributed by atoms with Crippen LogP contribution in [0.15, 0.2) is 65.8 Å². The van der Waals surface area contributed by atoms with E-state index in [0.29, 0.717) is 24.6 Å². The van der Waals surface area contributed by atoms with Gasteiger partial charge in [0.1, 0.15) is 24.3 Å². The summed E-state index contributed by atoms with van der Waals surface area (Å²) in [5.41, 5.74) is 11.1.